The summed E-state index contributed by atoms with van der Waals surface area (Å²) in [6.07, 6.45) is 2.47. The van der Waals surface area contributed by atoms with E-state index in [9.17, 15) is 14.7 Å². The fourth-order valence-electron chi connectivity index (χ4n) is 1.70. The first-order chi connectivity index (χ1) is 9.03. The lowest BCUT2D eigenvalue weighted by Gasteiger charge is -2.21. The van der Waals surface area contributed by atoms with Crippen LogP contribution in [0.25, 0.3) is 0 Å². The molecule has 0 fully saturated rings. The summed E-state index contributed by atoms with van der Waals surface area (Å²) in [5.74, 6) is -1.12. The van der Waals surface area contributed by atoms with Gasteiger partial charge in [-0.05, 0) is 19.9 Å². The summed E-state index contributed by atoms with van der Waals surface area (Å²) in [5.41, 5.74) is -1.45. The molecule has 0 spiro atoms. The van der Waals surface area contributed by atoms with Crippen LogP contribution < -0.4 is 0 Å². The van der Waals surface area contributed by atoms with Crippen LogP contribution in [0, 0.1) is 0 Å². The van der Waals surface area contributed by atoms with E-state index in [1.165, 1.54) is 12.2 Å². The van der Waals surface area contributed by atoms with Crippen LogP contribution in [0.4, 0.5) is 0 Å². The number of Topliss-reactive ketones (excluding diaryl/α,β-unsaturated/α-hetero) is 1. The second-order valence-electron chi connectivity index (χ2n) is 4.11. The number of esters is 1. The minimum absolute atomic E-state index is 0.151. The molecule has 4 heteroatoms. The zero-order chi connectivity index (χ0) is 14.3. The second kappa shape index (κ2) is 6.85. The van der Waals surface area contributed by atoms with Crippen molar-refractivity contribution in [2.75, 3.05) is 6.61 Å². The molecule has 102 valence electrons. The van der Waals surface area contributed by atoms with E-state index in [1.54, 1.807) is 44.2 Å². The van der Waals surface area contributed by atoms with Crippen molar-refractivity contribution in [3.05, 3.63) is 48.0 Å². The molecule has 19 heavy (non-hydrogen) atoms. The third-order valence-corrected chi connectivity index (χ3v) is 2.60. The number of ether oxygens (including phenoxy) is 1. The highest BCUT2D eigenvalue weighted by Gasteiger charge is 2.37. The van der Waals surface area contributed by atoms with E-state index in [1.807, 2.05) is 0 Å². The van der Waals surface area contributed by atoms with Crippen LogP contribution in [-0.2, 0) is 9.53 Å². The van der Waals surface area contributed by atoms with E-state index in [-0.39, 0.29) is 18.8 Å². The van der Waals surface area contributed by atoms with Gasteiger partial charge in [-0.1, -0.05) is 36.4 Å². The predicted octanol–water partition coefficient (Wildman–Crippen LogP) is 2.13. The number of rotatable bonds is 6. The van der Waals surface area contributed by atoms with Gasteiger partial charge in [-0.15, -0.1) is 0 Å². The number of aliphatic hydroxyl groups is 1. The average Bonchev–Trinajstić information content (AvgIpc) is 2.40. The molecule has 1 rings (SSSR count). The first kappa shape index (κ1) is 15.1. The Labute approximate surface area is 112 Å². The number of benzene rings is 1. The van der Waals surface area contributed by atoms with Crippen molar-refractivity contribution in [3.8, 4) is 0 Å². The van der Waals surface area contributed by atoms with Gasteiger partial charge in [-0.25, -0.2) is 4.79 Å². The molecular formula is C15H18O4. The van der Waals surface area contributed by atoms with Crippen LogP contribution in [0.2, 0.25) is 0 Å². The molecule has 0 aliphatic heterocycles. The maximum atomic E-state index is 12.0. The molecule has 0 amide bonds. The largest absolute Gasteiger partial charge is 0.464 e. The van der Waals surface area contributed by atoms with Crippen molar-refractivity contribution in [2.45, 2.75) is 25.9 Å². The first-order valence-electron chi connectivity index (χ1n) is 6.15. The van der Waals surface area contributed by atoms with E-state index < -0.39 is 11.6 Å². The van der Waals surface area contributed by atoms with Gasteiger partial charge in [0, 0.05) is 5.56 Å². The highest BCUT2D eigenvalue weighted by molar-refractivity contribution is 6.00. The van der Waals surface area contributed by atoms with E-state index >= 15 is 0 Å². The van der Waals surface area contributed by atoms with Crippen LogP contribution in [0.3, 0.4) is 0 Å². The molecule has 1 aromatic rings. The van der Waals surface area contributed by atoms with Gasteiger partial charge in [-0.3, -0.25) is 4.79 Å². The average molecular weight is 262 g/mol. The number of carbonyl (C=O) groups excluding carboxylic acids is 2. The maximum absolute atomic E-state index is 12.0. The Morgan fingerprint density at radius 1 is 1.32 bits per heavy atom. The van der Waals surface area contributed by atoms with Gasteiger partial charge in [0.1, 0.15) is 0 Å². The fraction of sp³-hybridized carbons (Fsp3) is 0.333. The number of carbonyl (C=O) groups is 2. The van der Waals surface area contributed by atoms with Gasteiger partial charge < -0.3 is 9.84 Å². The Hall–Kier alpha value is -1.94. The molecule has 0 saturated carbocycles. The summed E-state index contributed by atoms with van der Waals surface area (Å²) in [4.78, 5) is 23.8. The van der Waals surface area contributed by atoms with Gasteiger partial charge in [0.2, 0.25) is 0 Å². The third kappa shape index (κ3) is 4.03. The molecule has 1 atom stereocenters. The molecule has 0 heterocycles. The predicted molar refractivity (Wildman–Crippen MR) is 71.8 cm³/mol. The highest BCUT2D eigenvalue weighted by Crippen LogP contribution is 2.18. The van der Waals surface area contributed by atoms with E-state index in [0.717, 1.165) is 0 Å². The van der Waals surface area contributed by atoms with Gasteiger partial charge in [-0.2, -0.15) is 0 Å². The molecule has 0 unspecified atom stereocenters. The van der Waals surface area contributed by atoms with Gasteiger partial charge in [0.15, 0.2) is 11.4 Å². The first-order valence-corrected chi connectivity index (χ1v) is 6.15. The number of allylic oxidation sites excluding steroid dienone is 1. The van der Waals surface area contributed by atoms with Crippen molar-refractivity contribution < 1.29 is 19.4 Å². The standard InChI is InChI=1S/C15H18O4/c1-3-10-15(18,14(17)19-4-2)11-13(16)12-8-6-5-7-9-12/h3,5-10,18H,4,11H2,1-2H3/b10-3+/t15-/m1/s1. The molecule has 0 aliphatic carbocycles. The molecule has 0 aliphatic rings. The normalized spacial score (nSPS) is 14.1. The van der Waals surface area contributed by atoms with Crippen molar-refractivity contribution in [3.63, 3.8) is 0 Å². The Morgan fingerprint density at radius 3 is 2.47 bits per heavy atom. The molecular weight excluding hydrogens is 244 g/mol. The molecule has 4 nitrogen and oxygen atoms in total. The molecule has 0 saturated heterocycles. The zero-order valence-electron chi connectivity index (χ0n) is 11.1. The topological polar surface area (TPSA) is 63.6 Å². The second-order valence-corrected chi connectivity index (χ2v) is 4.11. The van der Waals surface area contributed by atoms with Gasteiger partial charge in [0.25, 0.3) is 0 Å². The van der Waals surface area contributed by atoms with E-state index in [4.69, 9.17) is 4.74 Å². The molecule has 0 radical (unpaired) electrons. The van der Waals surface area contributed by atoms with E-state index in [2.05, 4.69) is 0 Å². The van der Waals surface area contributed by atoms with Crippen molar-refractivity contribution >= 4 is 11.8 Å². The molecule has 1 aromatic carbocycles. The lowest BCUT2D eigenvalue weighted by atomic mass is 9.93. The zero-order valence-corrected chi connectivity index (χ0v) is 11.1. The number of hydrogen-bond acceptors (Lipinski definition) is 4. The minimum Gasteiger partial charge on any atom is -0.464 e. The van der Waals surface area contributed by atoms with Crippen LogP contribution >= 0.6 is 0 Å². The van der Waals surface area contributed by atoms with Crippen molar-refractivity contribution in [1.29, 1.82) is 0 Å². The lowest BCUT2D eigenvalue weighted by molar-refractivity contribution is -0.159. The Bertz CT molecular complexity index is 464. The van der Waals surface area contributed by atoms with Crippen molar-refractivity contribution in [2.24, 2.45) is 0 Å². The Balaban J connectivity index is 2.90. The SMILES string of the molecule is C/C=C/[C@@](O)(CC(=O)c1ccccc1)C(=O)OCC. The summed E-state index contributed by atoms with van der Waals surface area (Å²) in [5, 5.41) is 10.3. The van der Waals surface area contributed by atoms with Crippen LogP contribution in [0.1, 0.15) is 30.6 Å². The summed E-state index contributed by atoms with van der Waals surface area (Å²) in [7, 11) is 0. The van der Waals surface area contributed by atoms with Crippen molar-refractivity contribution in [1.82, 2.24) is 0 Å². The minimum atomic E-state index is -1.91. The molecule has 0 aromatic heterocycles. The van der Waals surface area contributed by atoms with Crippen LogP contribution in [0.5, 0.6) is 0 Å². The summed E-state index contributed by atoms with van der Waals surface area (Å²) in [6.45, 7) is 3.46. The summed E-state index contributed by atoms with van der Waals surface area (Å²) in [6, 6.07) is 8.53. The Morgan fingerprint density at radius 2 is 1.95 bits per heavy atom. The van der Waals surface area contributed by atoms with Crippen LogP contribution in [0.15, 0.2) is 42.5 Å². The summed E-state index contributed by atoms with van der Waals surface area (Å²) >= 11 is 0. The third-order valence-electron chi connectivity index (χ3n) is 2.60. The quantitative estimate of drug-likeness (QED) is 0.484. The lowest BCUT2D eigenvalue weighted by Crippen LogP contribution is -2.40. The maximum Gasteiger partial charge on any atom is 0.342 e. The van der Waals surface area contributed by atoms with Gasteiger partial charge in [0.05, 0.1) is 13.0 Å². The number of ketones is 1. The smallest absolute Gasteiger partial charge is 0.342 e. The Kier molecular flexibility index (Phi) is 5.45. The van der Waals surface area contributed by atoms with Crippen LogP contribution in [-0.4, -0.2) is 29.1 Å². The fourth-order valence-corrected chi connectivity index (χ4v) is 1.70. The number of hydrogen-bond donors (Lipinski definition) is 1. The molecule has 0 bridgehead atoms. The molecule has 1 N–H and O–H groups in total. The highest BCUT2D eigenvalue weighted by atomic mass is 16.5. The van der Waals surface area contributed by atoms with Gasteiger partial charge >= 0.3 is 5.97 Å². The summed E-state index contributed by atoms with van der Waals surface area (Å²) < 4.78 is 4.80. The van der Waals surface area contributed by atoms with E-state index in [0.29, 0.717) is 5.56 Å². The monoisotopic (exact) mass is 262 g/mol.